The fourth-order valence-electron chi connectivity index (χ4n) is 7.10. The molecule has 0 bridgehead atoms. The van der Waals surface area contributed by atoms with Crippen LogP contribution >= 0.6 is 11.3 Å². The summed E-state index contributed by atoms with van der Waals surface area (Å²) in [6.07, 6.45) is 7.67. The Morgan fingerprint density at radius 1 is 1.00 bits per heavy atom. The number of Topliss-reactive ketones (excluding diaryl/α,β-unsaturated/α-hetero) is 1. The van der Waals surface area contributed by atoms with Crippen LogP contribution in [0.1, 0.15) is 80.0 Å². The molecule has 9 heteroatoms. The van der Waals surface area contributed by atoms with Gasteiger partial charge < -0.3 is 4.90 Å². The Hall–Kier alpha value is -3.09. The minimum Gasteiger partial charge on any atom is -0.369 e. The summed E-state index contributed by atoms with van der Waals surface area (Å²) in [7, 11) is -2.96. The van der Waals surface area contributed by atoms with Gasteiger partial charge in [0.2, 0.25) is 0 Å². The first kappa shape index (κ1) is 28.7. The van der Waals surface area contributed by atoms with E-state index in [9.17, 15) is 22.9 Å². The summed E-state index contributed by atoms with van der Waals surface area (Å²) in [6, 6.07) is 17.5. The summed E-state index contributed by atoms with van der Waals surface area (Å²) in [4.78, 5) is 22.3. The lowest BCUT2D eigenvalue weighted by molar-refractivity contribution is -0.125. The number of aromatic nitrogens is 1. The quantitative estimate of drug-likeness (QED) is 0.276. The standard InChI is InChI=1S/C34H36FN3O3S2/c35-25-9-7-24(8-10-25)34(15-16-34)32-37-30(28-4-2-1-3-27(28)29(39)21-33(22-36)13-14-33)31(42-32)23-5-11-26(12-6-23)38-17-19-43(40,41)20-18-38/h5-12,27-28H,1-4,13-21H2/t27-,28-/m1/s1. The fourth-order valence-corrected chi connectivity index (χ4v) is 9.71. The highest BCUT2D eigenvalue weighted by Gasteiger charge is 2.50. The van der Waals surface area contributed by atoms with Gasteiger partial charge in [-0.05, 0) is 73.9 Å². The number of carbonyl (C=O) groups is 1. The molecule has 3 aliphatic carbocycles. The van der Waals surface area contributed by atoms with Gasteiger partial charge in [-0.25, -0.2) is 17.8 Å². The zero-order valence-corrected chi connectivity index (χ0v) is 25.9. The molecular weight excluding hydrogens is 582 g/mol. The maximum absolute atomic E-state index is 13.8. The molecule has 0 amide bonds. The number of halogens is 1. The first-order valence-corrected chi connectivity index (χ1v) is 18.1. The summed E-state index contributed by atoms with van der Waals surface area (Å²) in [5.74, 6) is 0.176. The zero-order chi connectivity index (χ0) is 29.8. The second-order valence-electron chi connectivity index (χ2n) is 13.0. The third-order valence-corrected chi connectivity index (χ3v) is 13.1. The van der Waals surface area contributed by atoms with E-state index in [2.05, 4.69) is 35.2 Å². The molecule has 4 aliphatic rings. The largest absolute Gasteiger partial charge is 0.369 e. The van der Waals surface area contributed by atoms with Gasteiger partial charge in [-0.15, -0.1) is 11.3 Å². The number of ketones is 1. The summed E-state index contributed by atoms with van der Waals surface area (Å²) in [6.45, 7) is 0.988. The molecule has 0 radical (unpaired) electrons. The molecule has 4 fully saturated rings. The maximum Gasteiger partial charge on any atom is 0.153 e. The average Bonchev–Trinajstić information content (AvgIpc) is 3.95. The molecule has 1 aliphatic heterocycles. The molecule has 2 heterocycles. The monoisotopic (exact) mass is 617 g/mol. The zero-order valence-electron chi connectivity index (χ0n) is 24.2. The number of thiazole rings is 1. The highest BCUT2D eigenvalue weighted by molar-refractivity contribution is 7.91. The van der Waals surface area contributed by atoms with E-state index in [0.717, 1.165) is 83.8 Å². The molecule has 7 rings (SSSR count). The van der Waals surface area contributed by atoms with E-state index < -0.39 is 15.3 Å². The summed E-state index contributed by atoms with van der Waals surface area (Å²) >= 11 is 1.70. The number of sulfone groups is 1. The molecule has 3 saturated carbocycles. The summed E-state index contributed by atoms with van der Waals surface area (Å²) < 4.78 is 37.7. The highest BCUT2D eigenvalue weighted by atomic mass is 32.2. The lowest BCUT2D eigenvalue weighted by atomic mass is 9.73. The van der Waals surface area contributed by atoms with Gasteiger partial charge in [0, 0.05) is 42.4 Å². The number of anilines is 1. The van der Waals surface area contributed by atoms with Crippen LogP contribution in [0.2, 0.25) is 0 Å². The lowest BCUT2D eigenvalue weighted by Crippen LogP contribution is -2.40. The van der Waals surface area contributed by atoms with Gasteiger partial charge in [-0.2, -0.15) is 5.26 Å². The van der Waals surface area contributed by atoms with Gasteiger partial charge >= 0.3 is 0 Å². The molecule has 1 saturated heterocycles. The predicted molar refractivity (Wildman–Crippen MR) is 166 cm³/mol. The normalized spacial score (nSPS) is 25.1. The topological polar surface area (TPSA) is 91.1 Å². The number of nitriles is 1. The van der Waals surface area contributed by atoms with Crippen LogP contribution in [0.3, 0.4) is 0 Å². The van der Waals surface area contributed by atoms with Crippen molar-refractivity contribution < 1.29 is 17.6 Å². The lowest BCUT2D eigenvalue weighted by Gasteiger charge is -2.31. The van der Waals surface area contributed by atoms with Crippen LogP contribution in [0.4, 0.5) is 10.1 Å². The van der Waals surface area contributed by atoms with Crippen LogP contribution in [-0.2, 0) is 20.0 Å². The van der Waals surface area contributed by atoms with E-state index >= 15 is 0 Å². The molecule has 6 nitrogen and oxygen atoms in total. The van der Waals surface area contributed by atoms with Crippen molar-refractivity contribution in [2.24, 2.45) is 11.3 Å². The summed E-state index contributed by atoms with van der Waals surface area (Å²) in [5.41, 5.74) is 3.44. The second kappa shape index (κ2) is 10.8. The third-order valence-electron chi connectivity index (χ3n) is 10.2. The Balaban J connectivity index is 1.25. The fraction of sp³-hybridized carbons (Fsp3) is 0.500. The number of hydrogen-bond acceptors (Lipinski definition) is 7. The summed E-state index contributed by atoms with van der Waals surface area (Å²) in [5, 5.41) is 10.7. The van der Waals surface area contributed by atoms with Crippen molar-refractivity contribution in [1.29, 1.82) is 5.26 Å². The molecule has 2 aromatic carbocycles. The maximum atomic E-state index is 13.8. The number of benzene rings is 2. The molecular formula is C34H36FN3O3S2. The van der Waals surface area contributed by atoms with Gasteiger partial charge in [0.1, 0.15) is 16.6 Å². The molecule has 3 aromatic rings. The number of rotatable bonds is 8. The van der Waals surface area contributed by atoms with Crippen LogP contribution in [0.25, 0.3) is 10.4 Å². The Morgan fingerprint density at radius 2 is 1.67 bits per heavy atom. The van der Waals surface area contributed by atoms with Crippen molar-refractivity contribution >= 4 is 32.6 Å². The van der Waals surface area contributed by atoms with E-state index in [4.69, 9.17) is 4.98 Å². The predicted octanol–water partition coefficient (Wildman–Crippen LogP) is 6.80. The Morgan fingerprint density at radius 3 is 2.30 bits per heavy atom. The number of carbonyl (C=O) groups excluding carboxylic acids is 1. The van der Waals surface area contributed by atoms with E-state index in [1.54, 1.807) is 11.3 Å². The van der Waals surface area contributed by atoms with Crippen LogP contribution in [0.15, 0.2) is 48.5 Å². The van der Waals surface area contributed by atoms with Crippen LogP contribution in [0.5, 0.6) is 0 Å². The second-order valence-corrected chi connectivity index (χ2v) is 16.3. The van der Waals surface area contributed by atoms with E-state index in [0.29, 0.717) is 19.5 Å². The van der Waals surface area contributed by atoms with Crippen LogP contribution in [0, 0.1) is 28.5 Å². The van der Waals surface area contributed by atoms with E-state index in [1.165, 1.54) is 12.1 Å². The first-order valence-electron chi connectivity index (χ1n) is 15.5. The molecule has 0 spiro atoms. The molecule has 224 valence electrons. The SMILES string of the molecule is N#CC1(CC(=O)[C@@H]2CCCC[C@H]2c2nc(C3(c4ccc(F)cc4)CC3)sc2-c2ccc(N3CCS(=O)(=O)CC3)cc2)CC1. The molecule has 43 heavy (non-hydrogen) atoms. The van der Waals surface area contributed by atoms with Crippen molar-refractivity contribution in [1.82, 2.24) is 4.98 Å². The highest BCUT2D eigenvalue weighted by Crippen LogP contribution is 2.57. The van der Waals surface area contributed by atoms with Gasteiger partial charge in [-0.1, -0.05) is 37.1 Å². The van der Waals surface area contributed by atoms with Gasteiger partial charge in [0.05, 0.1) is 33.6 Å². The van der Waals surface area contributed by atoms with Gasteiger partial charge in [0.25, 0.3) is 0 Å². The Bertz CT molecular complexity index is 1670. The minimum atomic E-state index is -2.96. The van der Waals surface area contributed by atoms with Crippen LogP contribution < -0.4 is 4.90 Å². The third kappa shape index (κ3) is 5.53. The smallest absolute Gasteiger partial charge is 0.153 e. The molecule has 0 N–H and O–H groups in total. The number of nitrogens with zero attached hydrogens (tertiary/aromatic N) is 3. The van der Waals surface area contributed by atoms with Crippen molar-refractivity contribution in [3.63, 3.8) is 0 Å². The van der Waals surface area contributed by atoms with Gasteiger partial charge in [0.15, 0.2) is 9.84 Å². The van der Waals surface area contributed by atoms with E-state index in [-0.39, 0.29) is 40.4 Å². The molecule has 1 aromatic heterocycles. The minimum absolute atomic E-state index is 0.00624. The van der Waals surface area contributed by atoms with Crippen molar-refractivity contribution in [2.75, 3.05) is 29.5 Å². The number of hydrogen-bond donors (Lipinski definition) is 0. The Labute approximate surface area is 256 Å². The molecule has 2 atom stereocenters. The molecule has 0 unspecified atom stereocenters. The van der Waals surface area contributed by atoms with E-state index in [1.807, 2.05) is 12.1 Å². The van der Waals surface area contributed by atoms with Crippen molar-refractivity contribution in [3.8, 4) is 16.5 Å². The van der Waals surface area contributed by atoms with Gasteiger partial charge in [-0.3, -0.25) is 4.79 Å². The Kier molecular flexibility index (Phi) is 7.21. The average molecular weight is 618 g/mol. The van der Waals surface area contributed by atoms with Crippen molar-refractivity contribution in [3.05, 3.63) is 70.6 Å². The van der Waals surface area contributed by atoms with Crippen molar-refractivity contribution in [2.45, 2.75) is 69.1 Å². The first-order chi connectivity index (χ1) is 20.7. The van der Waals surface area contributed by atoms with Crippen LogP contribution in [-0.4, -0.2) is 43.8 Å².